The van der Waals surface area contributed by atoms with Gasteiger partial charge in [0, 0.05) is 7.05 Å². The van der Waals surface area contributed by atoms with Crippen molar-refractivity contribution in [1.29, 1.82) is 0 Å². The number of ether oxygens (including phenoxy) is 1. The lowest BCUT2D eigenvalue weighted by atomic mass is 10.1. The second kappa shape index (κ2) is 3.01. The van der Waals surface area contributed by atoms with Crippen molar-refractivity contribution in [3.8, 4) is 6.01 Å². The second-order valence-corrected chi connectivity index (χ2v) is 3.58. The van der Waals surface area contributed by atoms with E-state index in [-0.39, 0.29) is 0 Å². The molecule has 1 heterocycles. The molecule has 3 nitrogen and oxygen atoms in total. The standard InChI is InChI=1S/C11H14N2O/c1-7-5-9-10(6-8(7)2)13(3)11(12-9)14-4/h5-6H,1-4H3. The van der Waals surface area contributed by atoms with E-state index in [4.69, 9.17) is 4.74 Å². The normalized spacial score (nSPS) is 10.9. The van der Waals surface area contributed by atoms with E-state index in [2.05, 4.69) is 31.0 Å². The van der Waals surface area contributed by atoms with Crippen molar-refractivity contribution in [1.82, 2.24) is 9.55 Å². The Bertz CT molecular complexity index is 485. The molecular weight excluding hydrogens is 176 g/mol. The van der Waals surface area contributed by atoms with Gasteiger partial charge in [-0.3, -0.25) is 4.57 Å². The molecule has 0 aliphatic heterocycles. The number of rotatable bonds is 1. The molecule has 0 unspecified atom stereocenters. The van der Waals surface area contributed by atoms with Crippen LogP contribution in [0.2, 0.25) is 0 Å². The third kappa shape index (κ3) is 1.16. The topological polar surface area (TPSA) is 27.1 Å². The molecule has 0 spiro atoms. The van der Waals surface area contributed by atoms with Crippen molar-refractivity contribution >= 4 is 11.0 Å². The molecule has 0 N–H and O–H groups in total. The lowest BCUT2D eigenvalue weighted by molar-refractivity contribution is 0.368. The van der Waals surface area contributed by atoms with E-state index in [0.717, 1.165) is 11.0 Å². The van der Waals surface area contributed by atoms with Crippen LogP contribution < -0.4 is 4.74 Å². The van der Waals surface area contributed by atoms with Gasteiger partial charge in [0.1, 0.15) is 0 Å². The van der Waals surface area contributed by atoms with Crippen LogP contribution in [0.1, 0.15) is 11.1 Å². The second-order valence-electron chi connectivity index (χ2n) is 3.58. The molecule has 3 heteroatoms. The summed E-state index contributed by atoms with van der Waals surface area (Å²) in [6.07, 6.45) is 0. The molecule has 0 aliphatic rings. The maximum absolute atomic E-state index is 5.16. The van der Waals surface area contributed by atoms with E-state index >= 15 is 0 Å². The molecule has 1 aromatic heterocycles. The van der Waals surface area contributed by atoms with Crippen LogP contribution in [0, 0.1) is 13.8 Å². The van der Waals surface area contributed by atoms with Crippen LogP contribution in [0.4, 0.5) is 0 Å². The first kappa shape index (κ1) is 9.06. The summed E-state index contributed by atoms with van der Waals surface area (Å²) >= 11 is 0. The van der Waals surface area contributed by atoms with E-state index in [1.54, 1.807) is 7.11 Å². The minimum absolute atomic E-state index is 0.657. The lowest BCUT2D eigenvalue weighted by Crippen LogP contribution is -1.93. The Hall–Kier alpha value is -1.51. The molecule has 0 radical (unpaired) electrons. The van der Waals surface area contributed by atoms with Gasteiger partial charge >= 0.3 is 0 Å². The van der Waals surface area contributed by atoms with Gasteiger partial charge in [0.15, 0.2) is 0 Å². The van der Waals surface area contributed by atoms with Crippen molar-refractivity contribution in [2.45, 2.75) is 13.8 Å². The molecule has 0 aliphatic carbocycles. The van der Waals surface area contributed by atoms with Crippen LogP contribution in [-0.4, -0.2) is 16.7 Å². The van der Waals surface area contributed by atoms with Gasteiger partial charge < -0.3 is 4.74 Å². The van der Waals surface area contributed by atoms with Gasteiger partial charge in [0.05, 0.1) is 18.1 Å². The number of benzene rings is 1. The quantitative estimate of drug-likeness (QED) is 0.689. The van der Waals surface area contributed by atoms with Gasteiger partial charge in [0.25, 0.3) is 6.01 Å². The van der Waals surface area contributed by atoms with Crippen LogP contribution in [0.3, 0.4) is 0 Å². The molecule has 0 bridgehead atoms. The number of nitrogens with zero attached hydrogens (tertiary/aromatic N) is 2. The Morgan fingerprint density at radius 1 is 1.21 bits per heavy atom. The molecule has 2 rings (SSSR count). The Labute approximate surface area is 83.3 Å². The summed E-state index contributed by atoms with van der Waals surface area (Å²) in [6, 6.07) is 4.89. The van der Waals surface area contributed by atoms with Crippen LogP contribution >= 0.6 is 0 Å². The monoisotopic (exact) mass is 190 g/mol. The molecule has 1 aromatic carbocycles. The highest BCUT2D eigenvalue weighted by Gasteiger charge is 2.08. The minimum Gasteiger partial charge on any atom is -0.468 e. The maximum Gasteiger partial charge on any atom is 0.296 e. The van der Waals surface area contributed by atoms with Gasteiger partial charge in [-0.15, -0.1) is 0 Å². The van der Waals surface area contributed by atoms with E-state index in [0.29, 0.717) is 6.01 Å². The fraction of sp³-hybridized carbons (Fsp3) is 0.364. The molecule has 0 atom stereocenters. The van der Waals surface area contributed by atoms with Gasteiger partial charge in [-0.2, -0.15) is 4.98 Å². The van der Waals surface area contributed by atoms with Crippen molar-refractivity contribution < 1.29 is 4.74 Å². The van der Waals surface area contributed by atoms with Gasteiger partial charge in [-0.25, -0.2) is 0 Å². The van der Waals surface area contributed by atoms with Crippen LogP contribution in [-0.2, 0) is 7.05 Å². The zero-order chi connectivity index (χ0) is 10.3. The predicted molar refractivity (Wildman–Crippen MR) is 56.7 cm³/mol. The first-order valence-corrected chi connectivity index (χ1v) is 4.61. The zero-order valence-corrected chi connectivity index (χ0v) is 8.96. The number of hydrogen-bond donors (Lipinski definition) is 0. The summed E-state index contributed by atoms with van der Waals surface area (Å²) in [5.74, 6) is 0. The predicted octanol–water partition coefficient (Wildman–Crippen LogP) is 2.20. The minimum atomic E-state index is 0.657. The van der Waals surface area contributed by atoms with Crippen molar-refractivity contribution in [2.75, 3.05) is 7.11 Å². The summed E-state index contributed by atoms with van der Waals surface area (Å²) < 4.78 is 7.12. The number of fused-ring (bicyclic) bond motifs is 1. The first-order valence-electron chi connectivity index (χ1n) is 4.61. The maximum atomic E-state index is 5.16. The molecule has 14 heavy (non-hydrogen) atoms. The summed E-state index contributed by atoms with van der Waals surface area (Å²) in [7, 11) is 3.60. The number of hydrogen-bond acceptors (Lipinski definition) is 2. The third-order valence-corrected chi connectivity index (χ3v) is 2.64. The fourth-order valence-corrected chi connectivity index (χ4v) is 1.61. The van der Waals surface area contributed by atoms with Gasteiger partial charge in [-0.05, 0) is 37.1 Å². The van der Waals surface area contributed by atoms with Crippen molar-refractivity contribution in [2.24, 2.45) is 7.05 Å². The van der Waals surface area contributed by atoms with Gasteiger partial charge in [-0.1, -0.05) is 0 Å². The molecule has 74 valence electrons. The molecule has 0 saturated carbocycles. The number of aryl methyl sites for hydroxylation is 3. The van der Waals surface area contributed by atoms with E-state index in [1.807, 2.05) is 11.6 Å². The average Bonchev–Trinajstić information content (AvgIpc) is 2.45. The zero-order valence-electron chi connectivity index (χ0n) is 8.96. The fourth-order valence-electron chi connectivity index (χ4n) is 1.61. The van der Waals surface area contributed by atoms with Gasteiger partial charge in [0.2, 0.25) is 0 Å². The highest BCUT2D eigenvalue weighted by molar-refractivity contribution is 5.78. The number of aromatic nitrogens is 2. The van der Waals surface area contributed by atoms with Crippen LogP contribution in [0.5, 0.6) is 6.01 Å². The Balaban J connectivity index is 2.80. The summed E-state index contributed by atoms with van der Waals surface area (Å²) in [5.41, 5.74) is 4.65. The number of methoxy groups -OCH3 is 1. The Morgan fingerprint density at radius 3 is 2.50 bits per heavy atom. The smallest absolute Gasteiger partial charge is 0.296 e. The Morgan fingerprint density at radius 2 is 1.86 bits per heavy atom. The van der Waals surface area contributed by atoms with E-state index in [1.165, 1.54) is 11.1 Å². The highest BCUT2D eigenvalue weighted by Crippen LogP contribution is 2.22. The van der Waals surface area contributed by atoms with Crippen molar-refractivity contribution in [3.63, 3.8) is 0 Å². The van der Waals surface area contributed by atoms with Crippen LogP contribution in [0.25, 0.3) is 11.0 Å². The summed E-state index contributed by atoms with van der Waals surface area (Å²) in [4.78, 5) is 4.37. The first-order chi connectivity index (χ1) is 6.63. The molecule has 0 fully saturated rings. The van der Waals surface area contributed by atoms with Crippen molar-refractivity contribution in [3.05, 3.63) is 23.3 Å². The highest BCUT2D eigenvalue weighted by atomic mass is 16.5. The Kier molecular flexibility index (Phi) is 1.95. The molecule has 0 amide bonds. The lowest BCUT2D eigenvalue weighted by Gasteiger charge is -2.01. The van der Waals surface area contributed by atoms with E-state index in [9.17, 15) is 0 Å². The SMILES string of the molecule is COc1nc2cc(C)c(C)cc2n1C. The largest absolute Gasteiger partial charge is 0.468 e. The van der Waals surface area contributed by atoms with E-state index < -0.39 is 0 Å². The third-order valence-electron chi connectivity index (χ3n) is 2.64. The molecular formula is C11H14N2O. The molecule has 0 saturated heterocycles. The number of imidazole rings is 1. The molecule has 2 aromatic rings. The summed E-state index contributed by atoms with van der Waals surface area (Å²) in [6.45, 7) is 4.20. The van der Waals surface area contributed by atoms with Crippen LogP contribution in [0.15, 0.2) is 12.1 Å². The summed E-state index contributed by atoms with van der Waals surface area (Å²) in [5, 5.41) is 0. The average molecular weight is 190 g/mol.